The normalized spacial score (nSPS) is 26.0. The van der Waals surface area contributed by atoms with Crippen molar-refractivity contribution < 1.29 is 58.3 Å². The number of ether oxygens (including phenoxy) is 1. The van der Waals surface area contributed by atoms with Gasteiger partial charge in [-0.2, -0.15) is 0 Å². The van der Waals surface area contributed by atoms with Gasteiger partial charge >= 0.3 is 29.6 Å². The van der Waals surface area contributed by atoms with Gasteiger partial charge < -0.3 is 24.6 Å². The molecule has 5 atom stereocenters. The molecule has 0 saturated carbocycles. The number of carboxylic acids is 1. The fourth-order valence-corrected chi connectivity index (χ4v) is 6.39. The Bertz CT molecular complexity index is 1190. The summed E-state index contributed by atoms with van der Waals surface area (Å²) in [6, 6.07) is 12.3. The molecule has 2 aromatic rings. The largest absolute Gasteiger partial charge is 1.00 e. The molecule has 3 aliphatic heterocycles. The number of aliphatic hydroxyl groups is 1. The van der Waals surface area contributed by atoms with Gasteiger partial charge in [0.2, 0.25) is 5.91 Å². The first-order valence-electron chi connectivity index (χ1n) is 10.1. The first-order valence-corrected chi connectivity index (χ1v) is 11.2. The smallest absolute Gasteiger partial charge is 0.543 e. The molecule has 1 saturated heterocycles. The minimum Gasteiger partial charge on any atom is -0.543 e. The first kappa shape index (κ1) is 23.2. The van der Waals surface area contributed by atoms with Crippen LogP contribution in [-0.4, -0.2) is 44.8 Å². The number of hydrogen-bond acceptors (Lipinski definition) is 6. The summed E-state index contributed by atoms with van der Waals surface area (Å²) in [5.41, 5.74) is 1.84. The van der Waals surface area contributed by atoms with Crippen molar-refractivity contribution in [1.29, 1.82) is 0 Å². The second kappa shape index (κ2) is 8.43. The maximum absolute atomic E-state index is 12.8. The summed E-state index contributed by atoms with van der Waals surface area (Å²) in [5.74, 6) is -2.29. The second-order valence-electron chi connectivity index (χ2n) is 8.10. The van der Waals surface area contributed by atoms with E-state index in [0.29, 0.717) is 21.1 Å². The molecular weight excluding hydrogens is 441 g/mol. The van der Waals surface area contributed by atoms with Crippen LogP contribution < -0.4 is 39.4 Å². The van der Waals surface area contributed by atoms with Crippen LogP contribution in [0.3, 0.4) is 0 Å². The number of hydrogen-bond donors (Lipinski definition) is 1. The molecule has 4 unspecified atom stereocenters. The van der Waals surface area contributed by atoms with Gasteiger partial charge in [-0.3, -0.25) is 4.79 Å². The van der Waals surface area contributed by atoms with E-state index in [9.17, 15) is 24.0 Å². The molecule has 160 valence electrons. The predicted octanol–water partition coefficient (Wildman–Crippen LogP) is -1.92. The minimum atomic E-state index is -1.44. The zero-order valence-electron chi connectivity index (χ0n) is 17.9. The number of carbonyl (C=O) groups excluding carboxylic acids is 2. The van der Waals surface area contributed by atoms with Gasteiger partial charge in [0, 0.05) is 17.0 Å². The van der Waals surface area contributed by atoms with Gasteiger partial charge in [-0.15, -0.1) is 0 Å². The van der Waals surface area contributed by atoms with Crippen molar-refractivity contribution in [3.63, 3.8) is 0 Å². The number of rotatable bonds is 5. The molecule has 0 spiro atoms. The maximum Gasteiger partial charge on any atom is 1.00 e. The summed E-state index contributed by atoms with van der Waals surface area (Å²) in [5, 5.41) is 21.8. The van der Waals surface area contributed by atoms with Crippen LogP contribution >= 0.6 is 0 Å². The molecule has 0 radical (unpaired) electrons. The average molecular weight is 461 g/mol. The number of amides is 1. The average Bonchev–Trinajstić information content (AvgIpc) is 3.16. The van der Waals surface area contributed by atoms with E-state index in [-0.39, 0.29) is 47.8 Å². The molecule has 1 amide bonds. The number of fused-ring (bicyclic) bond motifs is 4. The molecule has 7 nitrogen and oxygen atoms in total. The van der Waals surface area contributed by atoms with E-state index < -0.39 is 40.7 Å². The second-order valence-corrected chi connectivity index (χ2v) is 9.52. The van der Waals surface area contributed by atoms with Crippen LogP contribution in [0.15, 0.2) is 63.5 Å². The van der Waals surface area contributed by atoms with Crippen molar-refractivity contribution in [3.8, 4) is 16.9 Å². The Morgan fingerprint density at radius 2 is 1.91 bits per heavy atom. The monoisotopic (exact) mass is 461 g/mol. The standard InChI is InChI=1S/C23H21NO6S.Na/c1-11-14(21(23(27)28)24-20(11)18(12(2)25)22(24)26)10-30-15-7-5-9-17-19(15)13-6-3-4-8-16(13)31(17)29;/h3-9,11-12,18,20,25H,10H2,1-2H3,(H,27,28);/q;+1/p-1/t11-,12?,18?,20?,31?;/m0./s1. The summed E-state index contributed by atoms with van der Waals surface area (Å²) in [6.45, 7) is 3.31. The Balaban J connectivity index is 0.00000245. The van der Waals surface area contributed by atoms with Gasteiger partial charge in [0.15, 0.2) is 0 Å². The molecule has 2 aromatic carbocycles. The van der Waals surface area contributed by atoms with Gasteiger partial charge in [0.25, 0.3) is 0 Å². The van der Waals surface area contributed by atoms with Gasteiger partial charge in [-0.1, -0.05) is 31.2 Å². The molecule has 0 bridgehead atoms. The third kappa shape index (κ3) is 3.20. The van der Waals surface area contributed by atoms with Crippen LogP contribution in [0.25, 0.3) is 11.1 Å². The first-order chi connectivity index (χ1) is 14.8. The van der Waals surface area contributed by atoms with Gasteiger partial charge in [0.1, 0.15) is 12.4 Å². The van der Waals surface area contributed by atoms with Gasteiger partial charge in [-0.05, 0) is 30.7 Å². The van der Waals surface area contributed by atoms with E-state index in [2.05, 4.69) is 0 Å². The minimum absolute atomic E-state index is 0. The van der Waals surface area contributed by atoms with Crippen molar-refractivity contribution >= 4 is 22.7 Å². The molecule has 0 aliphatic carbocycles. The van der Waals surface area contributed by atoms with E-state index in [4.69, 9.17) is 4.74 Å². The van der Waals surface area contributed by atoms with Crippen molar-refractivity contribution in [1.82, 2.24) is 4.90 Å². The number of carbonyl (C=O) groups is 2. The molecular formula is C23H20NNaO6S. The number of carboxylic acid groups (broad SMARTS) is 1. The Labute approximate surface area is 209 Å². The van der Waals surface area contributed by atoms with E-state index in [1.807, 2.05) is 31.2 Å². The quantitative estimate of drug-likeness (QED) is 0.351. The van der Waals surface area contributed by atoms with Crippen molar-refractivity contribution in [3.05, 3.63) is 53.7 Å². The number of aliphatic carboxylic acids is 1. The zero-order chi connectivity index (χ0) is 22.0. The van der Waals surface area contributed by atoms with E-state index in [0.717, 1.165) is 11.1 Å². The molecule has 32 heavy (non-hydrogen) atoms. The summed E-state index contributed by atoms with van der Waals surface area (Å²) in [4.78, 5) is 26.9. The summed E-state index contributed by atoms with van der Waals surface area (Å²) < 4.78 is 18.9. The van der Waals surface area contributed by atoms with Crippen LogP contribution in [0.1, 0.15) is 13.8 Å². The zero-order valence-corrected chi connectivity index (χ0v) is 20.7. The number of nitrogens with zero attached hydrogens (tertiary/aromatic N) is 1. The van der Waals surface area contributed by atoms with E-state index in [1.165, 1.54) is 11.8 Å². The molecule has 1 fully saturated rings. The fourth-order valence-electron chi connectivity index (χ4n) is 4.98. The Morgan fingerprint density at radius 3 is 2.59 bits per heavy atom. The summed E-state index contributed by atoms with van der Waals surface area (Å²) in [6.07, 6.45) is -0.872. The number of β-lactam (4-membered cyclic amide) rings is 1. The Kier molecular flexibility index (Phi) is 6.11. The van der Waals surface area contributed by atoms with Crippen molar-refractivity contribution in [2.75, 3.05) is 6.61 Å². The SMILES string of the molecule is CC(O)C1C(=O)N2C(C(=O)[O-])=C(COc3cccc4c3-c3ccccc3S4=O)[C@H](C)C12.[Na+]. The molecule has 3 aliphatic rings. The van der Waals surface area contributed by atoms with Gasteiger partial charge in [0.05, 0.1) is 50.3 Å². The molecule has 9 heteroatoms. The van der Waals surface area contributed by atoms with Crippen LogP contribution in [0.5, 0.6) is 5.75 Å². The number of benzene rings is 2. The predicted molar refractivity (Wildman–Crippen MR) is 109 cm³/mol. The Hall–Kier alpha value is -1.97. The topological polar surface area (TPSA) is 107 Å². The van der Waals surface area contributed by atoms with Crippen LogP contribution in [0.4, 0.5) is 0 Å². The van der Waals surface area contributed by atoms with Crippen LogP contribution in [-0.2, 0) is 20.4 Å². The molecule has 1 N–H and O–H groups in total. The third-order valence-corrected chi connectivity index (χ3v) is 7.93. The fraction of sp³-hybridized carbons (Fsp3) is 0.304. The summed E-state index contributed by atoms with van der Waals surface area (Å²) >= 11 is 0. The summed E-state index contributed by atoms with van der Waals surface area (Å²) in [7, 11) is -1.30. The van der Waals surface area contributed by atoms with E-state index in [1.54, 1.807) is 18.2 Å². The third-order valence-electron chi connectivity index (χ3n) is 6.44. The Morgan fingerprint density at radius 1 is 1.22 bits per heavy atom. The number of aliphatic hydroxyl groups excluding tert-OH is 1. The van der Waals surface area contributed by atoms with Crippen molar-refractivity contribution in [2.45, 2.75) is 35.8 Å². The molecule has 0 aromatic heterocycles. The van der Waals surface area contributed by atoms with E-state index >= 15 is 0 Å². The van der Waals surface area contributed by atoms with Crippen LogP contribution in [0.2, 0.25) is 0 Å². The molecule has 3 heterocycles. The maximum atomic E-state index is 12.8. The molecule has 5 rings (SSSR count). The van der Waals surface area contributed by atoms with Crippen LogP contribution in [0, 0.1) is 11.8 Å². The van der Waals surface area contributed by atoms with Crippen molar-refractivity contribution in [2.24, 2.45) is 11.8 Å². The van der Waals surface area contributed by atoms with Gasteiger partial charge in [-0.25, -0.2) is 4.21 Å².